The van der Waals surface area contributed by atoms with E-state index in [9.17, 15) is 13.2 Å². The van der Waals surface area contributed by atoms with Gasteiger partial charge in [0.25, 0.3) is 10.0 Å². The molecule has 36 heavy (non-hydrogen) atoms. The van der Waals surface area contributed by atoms with Gasteiger partial charge in [0.1, 0.15) is 6.61 Å². The summed E-state index contributed by atoms with van der Waals surface area (Å²) in [6.07, 6.45) is 1.89. The van der Waals surface area contributed by atoms with E-state index < -0.39 is 22.2 Å². The Balaban J connectivity index is 1.21. The molecule has 1 aliphatic rings. The largest absolute Gasteiger partial charge is 0.445 e. The predicted octanol–water partition coefficient (Wildman–Crippen LogP) is 3.33. The van der Waals surface area contributed by atoms with Crippen LogP contribution in [0.2, 0.25) is 0 Å². The van der Waals surface area contributed by atoms with E-state index in [4.69, 9.17) is 9.26 Å². The number of carbonyl (C=O) groups excluding carboxylic acids is 1. The number of fused-ring (bicyclic) bond motifs is 1. The highest BCUT2D eigenvalue weighted by molar-refractivity contribution is 7.89. The van der Waals surface area contributed by atoms with Gasteiger partial charge in [-0.1, -0.05) is 54.0 Å². The Morgan fingerprint density at radius 2 is 1.92 bits per heavy atom. The van der Waals surface area contributed by atoms with Crippen molar-refractivity contribution in [3.63, 3.8) is 0 Å². The maximum absolute atomic E-state index is 13.4. The number of hydrogen-bond acceptors (Lipinski definition) is 8. The van der Waals surface area contributed by atoms with E-state index >= 15 is 0 Å². The van der Waals surface area contributed by atoms with Crippen LogP contribution < -0.4 is 5.32 Å². The summed E-state index contributed by atoms with van der Waals surface area (Å²) in [5, 5.41) is 6.60. The van der Waals surface area contributed by atoms with Gasteiger partial charge in [0, 0.05) is 19.5 Å². The SMILES string of the molecule is O=C(NCCc1nc(C2CCCCN2S(=O)(=O)c2nc3ccccc3[nH]2)no1)OCc1ccccc1. The number of ether oxygens (including phenoxy) is 1. The molecular weight excluding hydrogens is 484 g/mol. The van der Waals surface area contributed by atoms with Gasteiger partial charge in [0.2, 0.25) is 11.0 Å². The Bertz CT molecular complexity index is 1400. The van der Waals surface area contributed by atoms with Crippen LogP contribution in [-0.2, 0) is 27.8 Å². The number of benzene rings is 2. The van der Waals surface area contributed by atoms with Crippen molar-refractivity contribution in [3.8, 4) is 0 Å². The van der Waals surface area contributed by atoms with Gasteiger partial charge in [0.05, 0.1) is 17.1 Å². The molecule has 0 aliphatic carbocycles. The lowest BCUT2D eigenvalue weighted by Crippen LogP contribution is -2.39. The number of imidazole rings is 1. The molecule has 1 amide bonds. The number of carbonyl (C=O) groups is 1. The summed E-state index contributed by atoms with van der Waals surface area (Å²) < 4.78 is 38.8. The summed E-state index contributed by atoms with van der Waals surface area (Å²) in [7, 11) is -3.90. The van der Waals surface area contributed by atoms with Crippen LogP contribution in [0.5, 0.6) is 0 Å². The number of hydrogen-bond donors (Lipinski definition) is 2. The number of sulfonamides is 1. The first-order valence-corrected chi connectivity index (χ1v) is 13.2. The number of aromatic amines is 1. The molecule has 1 aliphatic heterocycles. The number of H-pyrrole nitrogens is 1. The molecule has 2 aromatic heterocycles. The first-order chi connectivity index (χ1) is 17.5. The Hall–Kier alpha value is -3.77. The maximum atomic E-state index is 13.4. The van der Waals surface area contributed by atoms with Crippen LogP contribution in [0.4, 0.5) is 4.79 Å². The molecule has 3 heterocycles. The van der Waals surface area contributed by atoms with Crippen LogP contribution >= 0.6 is 0 Å². The van der Waals surface area contributed by atoms with Gasteiger partial charge in [-0.15, -0.1) is 0 Å². The van der Waals surface area contributed by atoms with Crippen molar-refractivity contribution in [1.29, 1.82) is 0 Å². The molecule has 4 aromatic rings. The van der Waals surface area contributed by atoms with Crippen LogP contribution in [0.25, 0.3) is 11.0 Å². The van der Waals surface area contributed by atoms with Gasteiger partial charge in [0.15, 0.2) is 5.82 Å². The fourth-order valence-electron chi connectivity index (χ4n) is 4.16. The Labute approximate surface area is 207 Å². The summed E-state index contributed by atoms with van der Waals surface area (Å²) >= 11 is 0. The summed E-state index contributed by atoms with van der Waals surface area (Å²) in [5.74, 6) is 0.607. The number of alkyl carbamates (subject to hydrolysis) is 1. The summed E-state index contributed by atoms with van der Waals surface area (Å²) in [5.41, 5.74) is 2.13. The third kappa shape index (κ3) is 5.24. The normalized spacial score (nSPS) is 16.7. The second-order valence-corrected chi connectivity index (χ2v) is 10.3. The van der Waals surface area contributed by atoms with E-state index in [1.807, 2.05) is 42.5 Å². The molecule has 2 N–H and O–H groups in total. The van der Waals surface area contributed by atoms with E-state index in [0.717, 1.165) is 18.4 Å². The van der Waals surface area contributed by atoms with Crippen LogP contribution in [0.1, 0.15) is 42.6 Å². The number of amides is 1. The first kappa shape index (κ1) is 23.9. The van der Waals surface area contributed by atoms with Gasteiger partial charge in [-0.3, -0.25) is 0 Å². The van der Waals surface area contributed by atoms with Gasteiger partial charge < -0.3 is 19.6 Å². The molecule has 1 fully saturated rings. The molecular formula is C24H26N6O5S. The summed E-state index contributed by atoms with van der Waals surface area (Å²) in [6.45, 7) is 0.748. The molecule has 0 spiro atoms. The second-order valence-electron chi connectivity index (χ2n) is 8.47. The van der Waals surface area contributed by atoms with Crippen molar-refractivity contribution < 1.29 is 22.5 Å². The third-order valence-electron chi connectivity index (χ3n) is 5.98. The van der Waals surface area contributed by atoms with Crippen LogP contribution in [-0.4, -0.2) is 52.0 Å². The van der Waals surface area contributed by atoms with Crippen molar-refractivity contribution >= 4 is 27.1 Å². The van der Waals surface area contributed by atoms with E-state index in [0.29, 0.717) is 35.7 Å². The highest BCUT2D eigenvalue weighted by atomic mass is 32.2. The molecule has 11 nitrogen and oxygen atoms in total. The Morgan fingerprint density at radius 1 is 1.11 bits per heavy atom. The molecule has 1 unspecified atom stereocenters. The predicted molar refractivity (Wildman–Crippen MR) is 129 cm³/mol. The zero-order valence-electron chi connectivity index (χ0n) is 19.5. The molecule has 188 valence electrons. The highest BCUT2D eigenvalue weighted by Crippen LogP contribution is 2.34. The van der Waals surface area contributed by atoms with Gasteiger partial charge >= 0.3 is 6.09 Å². The number of nitrogens with zero attached hydrogens (tertiary/aromatic N) is 4. The Kier molecular flexibility index (Phi) is 6.96. The fraction of sp³-hybridized carbons (Fsp3) is 0.333. The lowest BCUT2D eigenvalue weighted by atomic mass is 10.0. The average Bonchev–Trinajstić information content (AvgIpc) is 3.56. The second kappa shape index (κ2) is 10.5. The maximum Gasteiger partial charge on any atom is 0.407 e. The van der Waals surface area contributed by atoms with Crippen LogP contribution in [0, 0.1) is 0 Å². The van der Waals surface area contributed by atoms with Crippen molar-refractivity contribution in [1.82, 2.24) is 29.7 Å². The molecule has 2 aromatic carbocycles. The van der Waals surface area contributed by atoms with Crippen LogP contribution in [0.15, 0.2) is 64.3 Å². The van der Waals surface area contributed by atoms with E-state index in [1.54, 1.807) is 12.1 Å². The molecule has 12 heteroatoms. The minimum atomic E-state index is -3.90. The van der Waals surface area contributed by atoms with Crippen LogP contribution in [0.3, 0.4) is 0 Å². The average molecular weight is 511 g/mol. The topological polar surface area (TPSA) is 143 Å². The van der Waals surface area contributed by atoms with Crippen molar-refractivity contribution in [2.45, 2.75) is 43.5 Å². The zero-order valence-corrected chi connectivity index (χ0v) is 20.3. The lowest BCUT2D eigenvalue weighted by Gasteiger charge is -2.31. The van der Waals surface area contributed by atoms with Crippen molar-refractivity contribution in [2.24, 2.45) is 0 Å². The zero-order chi connectivity index (χ0) is 25.0. The first-order valence-electron chi connectivity index (χ1n) is 11.7. The molecule has 0 saturated carbocycles. The third-order valence-corrected chi connectivity index (χ3v) is 7.71. The molecule has 0 bridgehead atoms. The van der Waals surface area contributed by atoms with E-state index in [2.05, 4.69) is 25.4 Å². The monoisotopic (exact) mass is 510 g/mol. The van der Waals surface area contributed by atoms with Crippen molar-refractivity contribution in [3.05, 3.63) is 71.9 Å². The fourth-order valence-corrected chi connectivity index (χ4v) is 5.74. The minimum absolute atomic E-state index is 0.0995. The summed E-state index contributed by atoms with van der Waals surface area (Å²) in [4.78, 5) is 23.5. The summed E-state index contributed by atoms with van der Waals surface area (Å²) in [6, 6.07) is 16.0. The number of nitrogens with one attached hydrogen (secondary N) is 2. The van der Waals surface area contributed by atoms with E-state index in [1.165, 1.54) is 4.31 Å². The minimum Gasteiger partial charge on any atom is -0.445 e. The quantitative estimate of drug-likeness (QED) is 0.367. The van der Waals surface area contributed by atoms with Gasteiger partial charge in [-0.05, 0) is 30.5 Å². The molecule has 1 saturated heterocycles. The molecule has 1 atom stereocenters. The number of para-hydroxylation sites is 2. The van der Waals surface area contributed by atoms with Gasteiger partial charge in [-0.2, -0.15) is 9.29 Å². The molecule has 0 radical (unpaired) electrons. The number of aromatic nitrogens is 4. The smallest absolute Gasteiger partial charge is 0.407 e. The van der Waals surface area contributed by atoms with Gasteiger partial charge in [-0.25, -0.2) is 18.2 Å². The standard InChI is InChI=1S/C24H26N6O5S/c31-24(34-16-17-8-2-1-3-9-17)25-14-13-21-28-22(29-35-21)20-12-6-7-15-30(20)36(32,33)23-26-18-10-4-5-11-19(18)27-23/h1-5,8-11,20H,6-7,12-16H2,(H,25,31)(H,26,27). The molecule has 5 rings (SSSR count). The highest BCUT2D eigenvalue weighted by Gasteiger charge is 2.38. The number of rotatable bonds is 8. The lowest BCUT2D eigenvalue weighted by molar-refractivity contribution is 0.139. The van der Waals surface area contributed by atoms with Crippen molar-refractivity contribution in [2.75, 3.05) is 13.1 Å². The number of piperidine rings is 1. The Morgan fingerprint density at radius 3 is 2.75 bits per heavy atom. The van der Waals surface area contributed by atoms with E-state index in [-0.39, 0.29) is 24.7 Å².